The Labute approximate surface area is 142 Å². The van der Waals surface area contributed by atoms with Crippen molar-refractivity contribution in [2.75, 3.05) is 32.4 Å². The van der Waals surface area contributed by atoms with Gasteiger partial charge in [-0.05, 0) is 38.1 Å². The number of rotatable bonds is 3. The van der Waals surface area contributed by atoms with Gasteiger partial charge in [-0.15, -0.1) is 0 Å². The minimum atomic E-state index is -3.27. The Morgan fingerprint density at radius 1 is 1.00 bits per heavy atom. The quantitative estimate of drug-likeness (QED) is 0.877. The number of benzene rings is 1. The molecule has 24 heavy (non-hydrogen) atoms. The average molecular weight is 353 g/mol. The molecule has 0 unspecified atom stereocenters. The third-order valence-electron chi connectivity index (χ3n) is 3.80. The standard InChI is InChI=1S/C16H23N3O4S/c1-12(2)17-16(21)19-10-8-18(9-11-19)15(20)13-4-6-14(7-5-13)24(3,22)23/h4-7,12H,8-11H2,1-3H3,(H,17,21). The van der Waals surface area contributed by atoms with Crippen molar-refractivity contribution >= 4 is 21.8 Å². The van der Waals surface area contributed by atoms with Gasteiger partial charge in [0.1, 0.15) is 0 Å². The fourth-order valence-electron chi connectivity index (χ4n) is 2.48. The van der Waals surface area contributed by atoms with Gasteiger partial charge in [-0.25, -0.2) is 13.2 Å². The summed E-state index contributed by atoms with van der Waals surface area (Å²) in [5, 5.41) is 2.84. The van der Waals surface area contributed by atoms with Gasteiger partial charge < -0.3 is 15.1 Å². The molecule has 0 aliphatic carbocycles. The maximum Gasteiger partial charge on any atom is 0.317 e. The van der Waals surface area contributed by atoms with Crippen molar-refractivity contribution in [3.8, 4) is 0 Å². The van der Waals surface area contributed by atoms with Gasteiger partial charge in [-0.2, -0.15) is 0 Å². The molecule has 0 bridgehead atoms. The third-order valence-corrected chi connectivity index (χ3v) is 4.92. The van der Waals surface area contributed by atoms with Crippen LogP contribution in [0.25, 0.3) is 0 Å². The Balaban J connectivity index is 1.97. The summed E-state index contributed by atoms with van der Waals surface area (Å²) in [4.78, 5) is 28.0. The predicted octanol–water partition coefficient (Wildman–Crippen LogP) is 0.966. The van der Waals surface area contributed by atoms with Crippen LogP contribution in [0, 0.1) is 0 Å². The molecule has 2 rings (SSSR count). The van der Waals surface area contributed by atoms with E-state index >= 15 is 0 Å². The highest BCUT2D eigenvalue weighted by atomic mass is 32.2. The van der Waals surface area contributed by atoms with Crippen molar-refractivity contribution in [2.24, 2.45) is 0 Å². The first-order valence-electron chi connectivity index (χ1n) is 7.83. The van der Waals surface area contributed by atoms with Crippen LogP contribution in [-0.4, -0.2) is 68.6 Å². The first-order chi connectivity index (χ1) is 11.2. The third kappa shape index (κ3) is 4.47. The topological polar surface area (TPSA) is 86.8 Å². The Morgan fingerprint density at radius 3 is 1.96 bits per heavy atom. The van der Waals surface area contributed by atoms with Crippen LogP contribution < -0.4 is 5.32 Å². The number of carbonyl (C=O) groups is 2. The Hall–Kier alpha value is -2.09. The molecule has 0 saturated carbocycles. The highest BCUT2D eigenvalue weighted by molar-refractivity contribution is 7.90. The number of nitrogens with one attached hydrogen (secondary N) is 1. The van der Waals surface area contributed by atoms with Gasteiger partial charge in [0.2, 0.25) is 0 Å². The molecule has 1 aromatic carbocycles. The minimum Gasteiger partial charge on any atom is -0.336 e. The molecule has 0 radical (unpaired) electrons. The zero-order valence-electron chi connectivity index (χ0n) is 14.2. The number of amides is 3. The van der Waals surface area contributed by atoms with Gasteiger partial charge in [0, 0.05) is 44.0 Å². The smallest absolute Gasteiger partial charge is 0.317 e. The molecular weight excluding hydrogens is 330 g/mol. The van der Waals surface area contributed by atoms with Crippen molar-refractivity contribution in [3.63, 3.8) is 0 Å². The molecule has 1 heterocycles. The second-order valence-electron chi connectivity index (χ2n) is 6.18. The van der Waals surface area contributed by atoms with Gasteiger partial charge in [0.25, 0.3) is 5.91 Å². The summed E-state index contributed by atoms with van der Waals surface area (Å²) in [6, 6.07) is 5.89. The number of urea groups is 1. The van der Waals surface area contributed by atoms with Crippen LogP contribution in [0.1, 0.15) is 24.2 Å². The number of carbonyl (C=O) groups excluding carboxylic acids is 2. The van der Waals surface area contributed by atoms with E-state index in [4.69, 9.17) is 0 Å². The average Bonchev–Trinajstić information content (AvgIpc) is 2.53. The molecule has 0 spiro atoms. The molecule has 1 N–H and O–H groups in total. The number of hydrogen-bond acceptors (Lipinski definition) is 4. The molecule has 132 valence electrons. The molecule has 1 aliphatic heterocycles. The number of sulfone groups is 1. The van der Waals surface area contributed by atoms with Crippen LogP contribution in [0.2, 0.25) is 0 Å². The lowest BCUT2D eigenvalue weighted by Crippen LogP contribution is -2.54. The van der Waals surface area contributed by atoms with Crippen molar-refractivity contribution in [2.45, 2.75) is 24.8 Å². The van der Waals surface area contributed by atoms with Crippen LogP contribution in [-0.2, 0) is 9.84 Å². The van der Waals surface area contributed by atoms with E-state index in [0.29, 0.717) is 31.7 Å². The predicted molar refractivity (Wildman–Crippen MR) is 90.7 cm³/mol. The summed E-state index contributed by atoms with van der Waals surface area (Å²) in [7, 11) is -3.27. The number of hydrogen-bond donors (Lipinski definition) is 1. The summed E-state index contributed by atoms with van der Waals surface area (Å²) in [6.07, 6.45) is 1.13. The molecule has 0 atom stereocenters. The van der Waals surface area contributed by atoms with Gasteiger partial charge >= 0.3 is 6.03 Å². The molecule has 1 aromatic rings. The highest BCUT2D eigenvalue weighted by Crippen LogP contribution is 2.13. The fourth-order valence-corrected chi connectivity index (χ4v) is 3.11. The SMILES string of the molecule is CC(C)NC(=O)N1CCN(C(=O)c2ccc(S(C)(=O)=O)cc2)CC1. The van der Waals surface area contributed by atoms with E-state index in [1.54, 1.807) is 9.80 Å². The Morgan fingerprint density at radius 2 is 1.50 bits per heavy atom. The van der Waals surface area contributed by atoms with Gasteiger partial charge in [0.05, 0.1) is 4.90 Å². The van der Waals surface area contributed by atoms with Crippen molar-refractivity contribution in [1.29, 1.82) is 0 Å². The van der Waals surface area contributed by atoms with E-state index in [0.717, 1.165) is 6.26 Å². The zero-order valence-corrected chi connectivity index (χ0v) is 15.0. The Kier molecular flexibility index (Phi) is 5.48. The second-order valence-corrected chi connectivity index (χ2v) is 8.20. The number of piperazine rings is 1. The van der Waals surface area contributed by atoms with Crippen LogP contribution in [0.3, 0.4) is 0 Å². The Bertz CT molecular complexity index is 705. The van der Waals surface area contributed by atoms with E-state index in [1.807, 2.05) is 13.8 Å². The fraction of sp³-hybridized carbons (Fsp3) is 0.500. The molecule has 3 amide bonds. The summed E-state index contributed by atoms with van der Waals surface area (Å²) >= 11 is 0. The second kappa shape index (κ2) is 7.21. The van der Waals surface area contributed by atoms with Gasteiger partial charge in [-0.1, -0.05) is 0 Å². The van der Waals surface area contributed by atoms with Gasteiger partial charge in [-0.3, -0.25) is 4.79 Å². The molecule has 1 aliphatic rings. The largest absolute Gasteiger partial charge is 0.336 e. The lowest BCUT2D eigenvalue weighted by Gasteiger charge is -2.35. The maximum atomic E-state index is 12.5. The van der Waals surface area contributed by atoms with Crippen LogP contribution in [0.5, 0.6) is 0 Å². The van der Waals surface area contributed by atoms with Crippen LogP contribution in [0.4, 0.5) is 4.79 Å². The number of nitrogens with zero attached hydrogens (tertiary/aromatic N) is 2. The minimum absolute atomic E-state index is 0.0746. The molecule has 1 fully saturated rings. The van der Waals surface area contributed by atoms with Gasteiger partial charge in [0.15, 0.2) is 9.84 Å². The maximum absolute atomic E-state index is 12.5. The first kappa shape index (κ1) is 18.3. The summed E-state index contributed by atoms with van der Waals surface area (Å²) in [5.74, 6) is -0.154. The van der Waals surface area contributed by atoms with E-state index < -0.39 is 9.84 Å². The van der Waals surface area contributed by atoms with E-state index in [-0.39, 0.29) is 22.9 Å². The lowest BCUT2D eigenvalue weighted by atomic mass is 10.2. The van der Waals surface area contributed by atoms with E-state index in [2.05, 4.69) is 5.32 Å². The van der Waals surface area contributed by atoms with Crippen molar-refractivity contribution < 1.29 is 18.0 Å². The summed E-state index contributed by atoms with van der Waals surface area (Å²) in [5.41, 5.74) is 0.447. The van der Waals surface area contributed by atoms with Crippen molar-refractivity contribution in [3.05, 3.63) is 29.8 Å². The van der Waals surface area contributed by atoms with Crippen molar-refractivity contribution in [1.82, 2.24) is 15.1 Å². The van der Waals surface area contributed by atoms with E-state index in [9.17, 15) is 18.0 Å². The highest BCUT2D eigenvalue weighted by Gasteiger charge is 2.25. The van der Waals surface area contributed by atoms with Crippen LogP contribution in [0.15, 0.2) is 29.2 Å². The monoisotopic (exact) mass is 353 g/mol. The molecule has 8 heteroatoms. The summed E-state index contributed by atoms with van der Waals surface area (Å²) in [6.45, 7) is 5.67. The molecular formula is C16H23N3O4S. The summed E-state index contributed by atoms with van der Waals surface area (Å²) < 4.78 is 22.9. The molecule has 0 aromatic heterocycles. The lowest BCUT2D eigenvalue weighted by molar-refractivity contribution is 0.0664. The normalized spacial score (nSPS) is 15.5. The first-order valence-corrected chi connectivity index (χ1v) is 9.72. The van der Waals surface area contributed by atoms with Crippen LogP contribution >= 0.6 is 0 Å². The molecule has 1 saturated heterocycles. The van der Waals surface area contributed by atoms with E-state index in [1.165, 1.54) is 24.3 Å². The zero-order chi connectivity index (χ0) is 17.9. The molecule has 7 nitrogen and oxygen atoms in total.